The third kappa shape index (κ3) is 5.32. The largest absolute Gasteiger partial charge is 0.352 e. The van der Waals surface area contributed by atoms with Gasteiger partial charge in [-0.1, -0.05) is 30.3 Å². The quantitative estimate of drug-likeness (QED) is 0.749. The average Bonchev–Trinajstić information content (AvgIpc) is 2.83. The van der Waals surface area contributed by atoms with Gasteiger partial charge in [-0.3, -0.25) is 4.79 Å². The van der Waals surface area contributed by atoms with E-state index in [0.717, 1.165) is 18.4 Å². The van der Waals surface area contributed by atoms with Crippen molar-refractivity contribution in [3.63, 3.8) is 0 Å². The molecule has 0 spiro atoms. The molecule has 1 heterocycles. The lowest BCUT2D eigenvalue weighted by Crippen LogP contribution is -2.22. The topological polar surface area (TPSA) is 29.1 Å². The van der Waals surface area contributed by atoms with Crippen LogP contribution in [0.25, 0.3) is 0 Å². The lowest BCUT2D eigenvalue weighted by molar-refractivity contribution is -0.121. The zero-order valence-corrected chi connectivity index (χ0v) is 13.5. The van der Waals surface area contributed by atoms with E-state index < -0.39 is 0 Å². The number of hydrogen-bond donors (Lipinski definition) is 1. The van der Waals surface area contributed by atoms with Gasteiger partial charge >= 0.3 is 0 Å². The molecule has 0 atom stereocenters. The Labute approximate surface area is 131 Å². The second kappa shape index (κ2) is 7.65. The van der Waals surface area contributed by atoms with Crippen LogP contribution >= 0.6 is 33.9 Å². The van der Waals surface area contributed by atoms with E-state index in [4.69, 9.17) is 0 Å². The van der Waals surface area contributed by atoms with Crippen molar-refractivity contribution in [3.8, 4) is 0 Å². The first-order valence-electron chi connectivity index (χ1n) is 6.29. The maximum atomic E-state index is 11.7. The first kappa shape index (κ1) is 14.5. The molecule has 1 aromatic heterocycles. The van der Waals surface area contributed by atoms with Crippen molar-refractivity contribution < 1.29 is 4.79 Å². The molecular weight excluding hydrogens is 369 g/mol. The van der Waals surface area contributed by atoms with Crippen LogP contribution in [-0.4, -0.2) is 5.91 Å². The molecule has 2 nitrogen and oxygen atoms in total. The van der Waals surface area contributed by atoms with E-state index in [-0.39, 0.29) is 5.91 Å². The molecule has 0 unspecified atom stereocenters. The number of carbonyl (C=O) groups excluding carboxylic acids is 1. The molecule has 19 heavy (non-hydrogen) atoms. The summed E-state index contributed by atoms with van der Waals surface area (Å²) in [5.74, 6) is 0.134. The van der Waals surface area contributed by atoms with Crippen molar-refractivity contribution in [1.29, 1.82) is 0 Å². The van der Waals surface area contributed by atoms with Gasteiger partial charge < -0.3 is 5.32 Å². The Bertz CT molecular complexity index is 524. The van der Waals surface area contributed by atoms with Gasteiger partial charge in [0.1, 0.15) is 0 Å². The molecule has 0 aliphatic carbocycles. The summed E-state index contributed by atoms with van der Waals surface area (Å²) >= 11 is 4.13. The zero-order valence-electron chi connectivity index (χ0n) is 10.6. The fraction of sp³-hybridized carbons (Fsp3) is 0.267. The smallest absolute Gasteiger partial charge is 0.220 e. The molecular formula is C15H16INOS. The predicted octanol–water partition coefficient (Wildman–Crippen LogP) is 3.99. The minimum Gasteiger partial charge on any atom is -0.352 e. The summed E-state index contributed by atoms with van der Waals surface area (Å²) in [6.07, 6.45) is 2.50. The van der Waals surface area contributed by atoms with Gasteiger partial charge in [-0.15, -0.1) is 11.3 Å². The van der Waals surface area contributed by atoms with Crippen LogP contribution in [0.1, 0.15) is 23.3 Å². The predicted molar refractivity (Wildman–Crippen MR) is 88.3 cm³/mol. The maximum Gasteiger partial charge on any atom is 0.220 e. The molecule has 1 amide bonds. The van der Waals surface area contributed by atoms with Crippen LogP contribution < -0.4 is 5.32 Å². The van der Waals surface area contributed by atoms with Crippen LogP contribution in [0, 0.1) is 2.88 Å². The summed E-state index contributed by atoms with van der Waals surface area (Å²) in [7, 11) is 0. The van der Waals surface area contributed by atoms with E-state index in [2.05, 4.69) is 40.0 Å². The van der Waals surface area contributed by atoms with Crippen molar-refractivity contribution in [2.24, 2.45) is 0 Å². The van der Waals surface area contributed by atoms with Gasteiger partial charge in [0.2, 0.25) is 5.91 Å². The number of nitrogens with one attached hydrogen (secondary N) is 1. The molecule has 0 bridgehead atoms. The van der Waals surface area contributed by atoms with Crippen LogP contribution in [0.4, 0.5) is 0 Å². The maximum absolute atomic E-state index is 11.7. The fourth-order valence-electron chi connectivity index (χ4n) is 1.79. The number of benzene rings is 1. The number of carbonyl (C=O) groups is 1. The summed E-state index contributed by atoms with van der Waals surface area (Å²) in [6.45, 7) is 0.622. The molecule has 2 rings (SSSR count). The van der Waals surface area contributed by atoms with Gasteiger partial charge in [0.05, 0.1) is 2.88 Å². The number of hydrogen-bond acceptors (Lipinski definition) is 2. The van der Waals surface area contributed by atoms with E-state index in [0.29, 0.717) is 13.0 Å². The molecule has 1 N–H and O–H groups in total. The normalized spacial score (nSPS) is 10.4. The molecule has 4 heteroatoms. The number of aryl methyl sites for hydroxylation is 1. The molecule has 0 fully saturated rings. The standard InChI is InChI=1S/C15H16INOS/c16-14-10-9-13(19-14)7-4-8-15(18)17-11-12-5-2-1-3-6-12/h1-3,5-6,9-10H,4,7-8,11H2,(H,17,18). The van der Waals surface area contributed by atoms with Gasteiger partial charge in [-0.05, 0) is 53.1 Å². The second-order valence-corrected chi connectivity index (χ2v) is 7.38. The van der Waals surface area contributed by atoms with Crippen molar-refractivity contribution in [1.82, 2.24) is 5.32 Å². The van der Waals surface area contributed by atoms with E-state index in [1.54, 1.807) is 11.3 Å². The van der Waals surface area contributed by atoms with Crippen LogP contribution in [-0.2, 0) is 17.8 Å². The molecule has 100 valence electrons. The van der Waals surface area contributed by atoms with Gasteiger partial charge in [-0.25, -0.2) is 0 Å². The Hall–Kier alpha value is -0.880. The molecule has 0 radical (unpaired) electrons. The molecule has 0 saturated heterocycles. The highest BCUT2D eigenvalue weighted by atomic mass is 127. The van der Waals surface area contributed by atoms with E-state index >= 15 is 0 Å². The van der Waals surface area contributed by atoms with Crippen LogP contribution in [0.5, 0.6) is 0 Å². The monoisotopic (exact) mass is 385 g/mol. The zero-order chi connectivity index (χ0) is 13.5. The second-order valence-electron chi connectivity index (χ2n) is 4.32. The van der Waals surface area contributed by atoms with Gasteiger partial charge in [-0.2, -0.15) is 0 Å². The number of thiophene rings is 1. The van der Waals surface area contributed by atoms with E-state index in [9.17, 15) is 4.79 Å². The average molecular weight is 385 g/mol. The van der Waals surface area contributed by atoms with Crippen molar-refractivity contribution in [2.75, 3.05) is 0 Å². The van der Waals surface area contributed by atoms with Crippen molar-refractivity contribution in [2.45, 2.75) is 25.8 Å². The van der Waals surface area contributed by atoms with E-state index in [1.807, 2.05) is 30.3 Å². The summed E-state index contributed by atoms with van der Waals surface area (Å²) in [5.41, 5.74) is 1.14. The van der Waals surface area contributed by atoms with Crippen LogP contribution in [0.3, 0.4) is 0 Å². The minimum atomic E-state index is 0.134. The Balaban J connectivity index is 1.65. The minimum absolute atomic E-state index is 0.134. The van der Waals surface area contributed by atoms with Crippen molar-refractivity contribution in [3.05, 3.63) is 55.8 Å². The van der Waals surface area contributed by atoms with Crippen LogP contribution in [0.2, 0.25) is 0 Å². The first-order chi connectivity index (χ1) is 9.24. The lowest BCUT2D eigenvalue weighted by Gasteiger charge is -2.04. The molecule has 0 aliphatic rings. The summed E-state index contributed by atoms with van der Waals surface area (Å²) < 4.78 is 1.31. The number of rotatable bonds is 6. The fourth-order valence-corrected chi connectivity index (χ4v) is 3.59. The third-order valence-electron chi connectivity index (χ3n) is 2.79. The Morgan fingerprint density at radius 2 is 1.95 bits per heavy atom. The van der Waals surface area contributed by atoms with Crippen LogP contribution in [0.15, 0.2) is 42.5 Å². The molecule has 2 aromatic rings. The first-order valence-corrected chi connectivity index (χ1v) is 8.18. The molecule has 0 saturated carbocycles. The Kier molecular flexibility index (Phi) is 5.85. The van der Waals surface area contributed by atoms with Gasteiger partial charge in [0, 0.05) is 17.8 Å². The SMILES string of the molecule is O=C(CCCc1ccc(I)s1)NCc1ccccc1. The van der Waals surface area contributed by atoms with Gasteiger partial charge in [0.15, 0.2) is 0 Å². The van der Waals surface area contributed by atoms with E-state index in [1.165, 1.54) is 7.76 Å². The lowest BCUT2D eigenvalue weighted by atomic mass is 10.2. The summed E-state index contributed by atoms with van der Waals surface area (Å²) in [5, 5.41) is 2.95. The summed E-state index contributed by atoms with van der Waals surface area (Å²) in [4.78, 5) is 13.1. The molecule has 1 aromatic carbocycles. The van der Waals surface area contributed by atoms with Gasteiger partial charge in [0.25, 0.3) is 0 Å². The molecule has 0 aliphatic heterocycles. The number of halogens is 1. The third-order valence-corrected chi connectivity index (χ3v) is 4.74. The Morgan fingerprint density at radius 1 is 1.16 bits per heavy atom. The highest BCUT2D eigenvalue weighted by molar-refractivity contribution is 14.1. The highest BCUT2D eigenvalue weighted by Crippen LogP contribution is 2.19. The van der Waals surface area contributed by atoms with Crippen molar-refractivity contribution >= 4 is 39.8 Å². The number of amides is 1. The highest BCUT2D eigenvalue weighted by Gasteiger charge is 2.03. The Morgan fingerprint density at radius 3 is 2.63 bits per heavy atom. The summed E-state index contributed by atoms with van der Waals surface area (Å²) in [6, 6.07) is 14.3.